The van der Waals surface area contributed by atoms with Crippen molar-refractivity contribution in [3.63, 3.8) is 0 Å². The molecule has 0 aliphatic rings. The van der Waals surface area contributed by atoms with Crippen molar-refractivity contribution in [2.45, 2.75) is 0 Å². The molecular formula is C14H11Br2FN2O. The van der Waals surface area contributed by atoms with Crippen LogP contribution in [-0.4, -0.2) is 12.5 Å². The fourth-order valence-corrected chi connectivity index (χ4v) is 2.31. The monoisotopic (exact) mass is 400 g/mol. The zero-order chi connectivity index (χ0) is 14.5. The van der Waals surface area contributed by atoms with Crippen molar-refractivity contribution < 1.29 is 9.18 Å². The molecule has 0 heterocycles. The summed E-state index contributed by atoms with van der Waals surface area (Å²) < 4.78 is 14.2. The quantitative estimate of drug-likeness (QED) is 0.797. The molecule has 0 spiro atoms. The fraction of sp³-hybridized carbons (Fsp3) is 0.0714. The van der Waals surface area contributed by atoms with Crippen LogP contribution in [0.2, 0.25) is 0 Å². The standard InChI is InChI=1S/C14H11Br2FN2O/c15-10-3-1-2-4-13(10)19-14(20)8-18-9-5-6-12(17)11(16)7-9/h1-7,18H,8H2,(H,19,20). The number of hydrogen-bond donors (Lipinski definition) is 2. The van der Waals surface area contributed by atoms with Crippen molar-refractivity contribution in [1.82, 2.24) is 0 Å². The first-order valence-electron chi connectivity index (χ1n) is 5.79. The maximum Gasteiger partial charge on any atom is 0.243 e. The highest BCUT2D eigenvalue weighted by Gasteiger charge is 2.06. The minimum atomic E-state index is -0.340. The van der Waals surface area contributed by atoms with E-state index in [-0.39, 0.29) is 18.3 Å². The summed E-state index contributed by atoms with van der Waals surface area (Å²) in [5, 5.41) is 5.70. The van der Waals surface area contributed by atoms with Crippen molar-refractivity contribution in [2.75, 3.05) is 17.2 Å². The first-order chi connectivity index (χ1) is 9.56. The van der Waals surface area contributed by atoms with Crippen LogP contribution in [0.25, 0.3) is 0 Å². The van der Waals surface area contributed by atoms with Crippen LogP contribution in [0.1, 0.15) is 0 Å². The molecule has 0 radical (unpaired) electrons. The van der Waals surface area contributed by atoms with Crippen LogP contribution >= 0.6 is 31.9 Å². The second-order valence-corrected chi connectivity index (χ2v) is 5.72. The van der Waals surface area contributed by atoms with Gasteiger partial charge in [-0.1, -0.05) is 12.1 Å². The van der Waals surface area contributed by atoms with Crippen LogP contribution in [0.15, 0.2) is 51.4 Å². The number of rotatable bonds is 4. The van der Waals surface area contributed by atoms with E-state index in [1.165, 1.54) is 6.07 Å². The maximum absolute atomic E-state index is 13.1. The number of benzene rings is 2. The van der Waals surface area contributed by atoms with Gasteiger partial charge in [0.15, 0.2) is 0 Å². The molecule has 2 aromatic rings. The molecule has 2 N–H and O–H groups in total. The van der Waals surface area contributed by atoms with Gasteiger partial charge in [-0.3, -0.25) is 4.79 Å². The molecule has 0 fully saturated rings. The second-order valence-electron chi connectivity index (χ2n) is 4.01. The number of hydrogen-bond acceptors (Lipinski definition) is 2. The van der Waals surface area contributed by atoms with E-state index < -0.39 is 0 Å². The first-order valence-corrected chi connectivity index (χ1v) is 7.38. The van der Waals surface area contributed by atoms with Gasteiger partial charge < -0.3 is 10.6 Å². The van der Waals surface area contributed by atoms with Gasteiger partial charge in [-0.05, 0) is 62.2 Å². The van der Waals surface area contributed by atoms with E-state index in [9.17, 15) is 9.18 Å². The number of anilines is 2. The molecule has 0 aliphatic carbocycles. The van der Waals surface area contributed by atoms with Gasteiger partial charge in [0, 0.05) is 10.2 Å². The topological polar surface area (TPSA) is 41.1 Å². The normalized spacial score (nSPS) is 10.2. The Morgan fingerprint density at radius 3 is 2.55 bits per heavy atom. The van der Waals surface area contributed by atoms with Crippen LogP contribution in [0.3, 0.4) is 0 Å². The molecule has 3 nitrogen and oxygen atoms in total. The van der Waals surface area contributed by atoms with Gasteiger partial charge in [0.05, 0.1) is 16.7 Å². The molecule has 0 bridgehead atoms. The third kappa shape index (κ3) is 4.05. The lowest BCUT2D eigenvalue weighted by Crippen LogP contribution is -2.21. The average molecular weight is 402 g/mol. The summed E-state index contributed by atoms with van der Waals surface area (Å²) in [6.45, 7) is 0.0966. The average Bonchev–Trinajstić information content (AvgIpc) is 2.43. The molecule has 6 heteroatoms. The number of halogens is 3. The van der Waals surface area contributed by atoms with Gasteiger partial charge in [0.2, 0.25) is 5.91 Å². The Balaban J connectivity index is 1.92. The SMILES string of the molecule is O=C(CNc1ccc(F)c(Br)c1)Nc1ccccc1Br. The van der Waals surface area contributed by atoms with E-state index in [0.717, 1.165) is 4.47 Å². The summed E-state index contributed by atoms with van der Waals surface area (Å²) in [7, 11) is 0. The van der Waals surface area contributed by atoms with Gasteiger partial charge in [0.25, 0.3) is 0 Å². The van der Waals surface area contributed by atoms with E-state index in [1.54, 1.807) is 18.2 Å². The summed E-state index contributed by atoms with van der Waals surface area (Å²) in [5.41, 5.74) is 1.38. The van der Waals surface area contributed by atoms with Gasteiger partial charge in [-0.25, -0.2) is 4.39 Å². The second kappa shape index (κ2) is 6.85. The summed E-state index contributed by atoms with van der Waals surface area (Å²) in [6, 6.07) is 11.8. The van der Waals surface area contributed by atoms with Crippen LogP contribution in [0.5, 0.6) is 0 Å². The Morgan fingerprint density at radius 1 is 1.10 bits per heavy atom. The smallest absolute Gasteiger partial charge is 0.243 e. The molecule has 1 amide bonds. The number of amides is 1. The van der Waals surface area contributed by atoms with Crippen LogP contribution in [-0.2, 0) is 4.79 Å². The summed E-state index contributed by atoms with van der Waals surface area (Å²) in [6.07, 6.45) is 0. The lowest BCUT2D eigenvalue weighted by molar-refractivity contribution is -0.114. The van der Waals surface area contributed by atoms with Gasteiger partial charge in [0.1, 0.15) is 5.82 Å². The van der Waals surface area contributed by atoms with E-state index in [0.29, 0.717) is 15.8 Å². The molecule has 20 heavy (non-hydrogen) atoms. The van der Waals surface area contributed by atoms with Gasteiger partial charge in [-0.15, -0.1) is 0 Å². The van der Waals surface area contributed by atoms with Crippen molar-refractivity contribution in [3.8, 4) is 0 Å². The maximum atomic E-state index is 13.1. The third-order valence-corrected chi connectivity index (χ3v) is 3.82. The molecule has 0 saturated heterocycles. The van der Waals surface area contributed by atoms with E-state index >= 15 is 0 Å². The number of para-hydroxylation sites is 1. The Kier molecular flexibility index (Phi) is 5.14. The Morgan fingerprint density at radius 2 is 1.85 bits per heavy atom. The summed E-state index contributed by atoms with van der Waals surface area (Å²) in [5.74, 6) is -0.523. The van der Waals surface area contributed by atoms with Crippen LogP contribution < -0.4 is 10.6 Å². The summed E-state index contributed by atoms with van der Waals surface area (Å²) in [4.78, 5) is 11.8. The van der Waals surface area contributed by atoms with Gasteiger partial charge in [-0.2, -0.15) is 0 Å². The lowest BCUT2D eigenvalue weighted by atomic mass is 10.3. The molecule has 104 valence electrons. The van der Waals surface area contributed by atoms with Crippen molar-refractivity contribution in [3.05, 3.63) is 57.2 Å². The molecule has 0 atom stereocenters. The number of carbonyl (C=O) groups is 1. The van der Waals surface area contributed by atoms with Crippen molar-refractivity contribution in [2.24, 2.45) is 0 Å². The Hall–Kier alpha value is -1.40. The predicted molar refractivity (Wildman–Crippen MR) is 85.4 cm³/mol. The Labute approximate surface area is 132 Å². The zero-order valence-corrected chi connectivity index (χ0v) is 13.5. The Bertz CT molecular complexity index is 634. The minimum Gasteiger partial charge on any atom is -0.376 e. The molecule has 0 aliphatic heterocycles. The van der Waals surface area contributed by atoms with Crippen molar-refractivity contribution >= 4 is 49.1 Å². The third-order valence-electron chi connectivity index (χ3n) is 2.52. The number of carbonyl (C=O) groups excluding carboxylic acids is 1. The molecule has 2 rings (SSSR count). The minimum absolute atomic E-state index is 0.0966. The molecule has 2 aromatic carbocycles. The summed E-state index contributed by atoms with van der Waals surface area (Å²) >= 11 is 6.45. The lowest BCUT2D eigenvalue weighted by Gasteiger charge is -2.09. The molecule has 0 saturated carbocycles. The zero-order valence-electron chi connectivity index (χ0n) is 10.3. The van der Waals surface area contributed by atoms with Crippen LogP contribution in [0.4, 0.5) is 15.8 Å². The number of nitrogens with one attached hydrogen (secondary N) is 2. The molecule has 0 unspecified atom stereocenters. The van der Waals surface area contributed by atoms with E-state index in [4.69, 9.17) is 0 Å². The van der Waals surface area contributed by atoms with Crippen LogP contribution in [0, 0.1) is 5.82 Å². The van der Waals surface area contributed by atoms with Crippen molar-refractivity contribution in [1.29, 1.82) is 0 Å². The first kappa shape index (κ1) is 15.0. The highest BCUT2D eigenvalue weighted by Crippen LogP contribution is 2.22. The molecule has 0 aromatic heterocycles. The van der Waals surface area contributed by atoms with Gasteiger partial charge >= 0.3 is 0 Å². The van der Waals surface area contributed by atoms with E-state index in [1.807, 2.05) is 18.2 Å². The highest BCUT2D eigenvalue weighted by molar-refractivity contribution is 9.10. The molecular weight excluding hydrogens is 391 g/mol. The van der Waals surface area contributed by atoms with E-state index in [2.05, 4.69) is 42.5 Å². The highest BCUT2D eigenvalue weighted by atomic mass is 79.9. The predicted octanol–water partition coefficient (Wildman–Crippen LogP) is 4.40. The largest absolute Gasteiger partial charge is 0.376 e. The fourth-order valence-electron chi connectivity index (χ4n) is 1.55.